The molecule has 1 aromatic rings. The molecule has 0 radical (unpaired) electrons. The summed E-state index contributed by atoms with van der Waals surface area (Å²) in [5, 5.41) is 0. The summed E-state index contributed by atoms with van der Waals surface area (Å²) < 4.78 is 11.6. The Balaban J connectivity index is 0.00000264. The topological polar surface area (TPSA) is 44.5 Å². The first-order valence-corrected chi connectivity index (χ1v) is 8.80. The molecule has 4 heteroatoms. The zero-order valence-corrected chi connectivity index (χ0v) is 15.4. The Morgan fingerprint density at radius 1 is 1.22 bits per heavy atom. The van der Waals surface area contributed by atoms with Crippen LogP contribution in [0.15, 0.2) is 18.2 Å². The lowest BCUT2D eigenvalue weighted by atomic mass is 10.0. The van der Waals surface area contributed by atoms with Gasteiger partial charge in [-0.2, -0.15) is 0 Å². The second kappa shape index (κ2) is 10.9. The average molecular weight is 342 g/mol. The predicted octanol–water partition coefficient (Wildman–Crippen LogP) is 4.15. The van der Waals surface area contributed by atoms with E-state index in [1.165, 1.54) is 24.0 Å². The molecule has 23 heavy (non-hydrogen) atoms. The van der Waals surface area contributed by atoms with Gasteiger partial charge in [0.1, 0.15) is 5.75 Å². The summed E-state index contributed by atoms with van der Waals surface area (Å²) in [5.41, 5.74) is 8.69. The monoisotopic (exact) mass is 341 g/mol. The second-order valence-corrected chi connectivity index (χ2v) is 6.43. The molecule has 3 nitrogen and oxygen atoms in total. The fourth-order valence-corrected chi connectivity index (χ4v) is 2.45. The SMILES string of the molecule is CCCOc1ccc(CCOCC2CC2)cc1CC(N)CC.Cl. The van der Waals surface area contributed by atoms with Crippen molar-refractivity contribution in [2.24, 2.45) is 11.7 Å². The van der Waals surface area contributed by atoms with Crippen LogP contribution in [-0.2, 0) is 17.6 Å². The first-order valence-electron chi connectivity index (χ1n) is 8.80. The van der Waals surface area contributed by atoms with Crippen LogP contribution >= 0.6 is 12.4 Å². The van der Waals surface area contributed by atoms with Crippen molar-refractivity contribution in [1.29, 1.82) is 0 Å². The summed E-state index contributed by atoms with van der Waals surface area (Å²) in [5.74, 6) is 1.83. The van der Waals surface area contributed by atoms with E-state index in [1.54, 1.807) is 0 Å². The molecule has 0 aliphatic heterocycles. The lowest BCUT2D eigenvalue weighted by Crippen LogP contribution is -2.22. The standard InChI is InChI=1S/C19H31NO2.ClH/c1-3-10-22-19-8-7-15(9-11-21-14-16-5-6-16)12-17(19)13-18(20)4-2;/h7-8,12,16,18H,3-6,9-11,13-14,20H2,1-2H3;1H. The highest BCUT2D eigenvalue weighted by atomic mass is 35.5. The number of ether oxygens (including phenoxy) is 2. The first kappa shape index (κ1) is 20.3. The molecule has 0 amide bonds. The van der Waals surface area contributed by atoms with Gasteiger partial charge in [-0.3, -0.25) is 0 Å². The summed E-state index contributed by atoms with van der Waals surface area (Å²) >= 11 is 0. The zero-order chi connectivity index (χ0) is 15.8. The third-order valence-electron chi connectivity index (χ3n) is 4.18. The Labute approximate surface area is 147 Å². The lowest BCUT2D eigenvalue weighted by molar-refractivity contribution is 0.127. The van der Waals surface area contributed by atoms with Gasteiger partial charge in [0.05, 0.1) is 13.2 Å². The molecule has 0 aromatic heterocycles. The number of hydrogen-bond donors (Lipinski definition) is 1. The number of benzene rings is 1. The van der Waals surface area contributed by atoms with Gasteiger partial charge in [-0.05, 0) is 61.6 Å². The van der Waals surface area contributed by atoms with E-state index in [-0.39, 0.29) is 18.4 Å². The van der Waals surface area contributed by atoms with Gasteiger partial charge in [-0.1, -0.05) is 26.0 Å². The molecule has 1 aliphatic carbocycles. The van der Waals surface area contributed by atoms with Crippen LogP contribution in [0.1, 0.15) is 50.7 Å². The minimum absolute atomic E-state index is 0. The van der Waals surface area contributed by atoms with E-state index in [4.69, 9.17) is 15.2 Å². The molecule has 0 saturated heterocycles. The van der Waals surface area contributed by atoms with E-state index in [9.17, 15) is 0 Å². The van der Waals surface area contributed by atoms with E-state index < -0.39 is 0 Å². The van der Waals surface area contributed by atoms with Crippen LogP contribution in [0.2, 0.25) is 0 Å². The predicted molar refractivity (Wildman–Crippen MR) is 98.7 cm³/mol. The maximum absolute atomic E-state index is 6.13. The third-order valence-corrected chi connectivity index (χ3v) is 4.18. The summed E-state index contributed by atoms with van der Waals surface area (Å²) in [4.78, 5) is 0. The zero-order valence-electron chi connectivity index (χ0n) is 14.6. The fraction of sp³-hybridized carbons (Fsp3) is 0.684. The van der Waals surface area contributed by atoms with E-state index in [0.717, 1.165) is 57.2 Å². The Bertz CT molecular complexity index is 449. The van der Waals surface area contributed by atoms with Crippen LogP contribution in [0, 0.1) is 5.92 Å². The van der Waals surface area contributed by atoms with Gasteiger partial charge in [0.25, 0.3) is 0 Å². The molecule has 1 atom stereocenters. The van der Waals surface area contributed by atoms with Crippen LogP contribution in [-0.4, -0.2) is 25.9 Å². The maximum Gasteiger partial charge on any atom is 0.122 e. The Kier molecular flexibility index (Phi) is 9.61. The highest BCUT2D eigenvalue weighted by molar-refractivity contribution is 5.85. The third kappa shape index (κ3) is 7.56. The second-order valence-electron chi connectivity index (χ2n) is 6.43. The molecular weight excluding hydrogens is 310 g/mol. The number of hydrogen-bond acceptors (Lipinski definition) is 3. The molecule has 1 saturated carbocycles. The van der Waals surface area contributed by atoms with E-state index in [2.05, 4.69) is 32.0 Å². The van der Waals surface area contributed by atoms with Crippen molar-refractivity contribution >= 4 is 12.4 Å². The van der Waals surface area contributed by atoms with Crippen LogP contribution in [0.3, 0.4) is 0 Å². The van der Waals surface area contributed by atoms with Crippen molar-refractivity contribution in [1.82, 2.24) is 0 Å². The molecule has 132 valence electrons. The van der Waals surface area contributed by atoms with E-state index in [1.807, 2.05) is 0 Å². The summed E-state index contributed by atoms with van der Waals surface area (Å²) in [7, 11) is 0. The van der Waals surface area contributed by atoms with Gasteiger partial charge in [0, 0.05) is 12.6 Å². The van der Waals surface area contributed by atoms with Gasteiger partial charge in [-0.25, -0.2) is 0 Å². The highest BCUT2D eigenvalue weighted by Crippen LogP contribution is 2.29. The largest absolute Gasteiger partial charge is 0.493 e. The molecule has 0 bridgehead atoms. The Morgan fingerprint density at radius 3 is 2.65 bits per heavy atom. The summed E-state index contributed by atoms with van der Waals surface area (Å²) in [6.07, 6.45) is 6.56. The van der Waals surface area contributed by atoms with Crippen LogP contribution in [0.5, 0.6) is 5.75 Å². The lowest BCUT2D eigenvalue weighted by Gasteiger charge is -2.16. The molecule has 1 unspecified atom stereocenters. The quantitative estimate of drug-likeness (QED) is 0.615. The number of halogens is 1. The minimum atomic E-state index is 0. The first-order chi connectivity index (χ1) is 10.7. The number of nitrogens with two attached hydrogens (primary N) is 1. The summed E-state index contributed by atoms with van der Waals surface area (Å²) in [6, 6.07) is 6.71. The highest BCUT2D eigenvalue weighted by Gasteiger charge is 2.20. The maximum atomic E-state index is 6.13. The van der Waals surface area contributed by atoms with Crippen molar-refractivity contribution in [2.75, 3.05) is 19.8 Å². The molecule has 2 N–H and O–H groups in total. The van der Waals surface area contributed by atoms with Crippen LogP contribution in [0.4, 0.5) is 0 Å². The van der Waals surface area contributed by atoms with Crippen LogP contribution in [0.25, 0.3) is 0 Å². The molecule has 1 aromatic carbocycles. The normalized spacial score (nSPS) is 15.1. The Hall–Kier alpha value is -0.770. The smallest absolute Gasteiger partial charge is 0.122 e. The average Bonchev–Trinajstić information content (AvgIpc) is 3.35. The molecule has 0 heterocycles. The minimum Gasteiger partial charge on any atom is -0.493 e. The van der Waals surface area contributed by atoms with Crippen molar-refractivity contribution in [3.05, 3.63) is 29.3 Å². The number of rotatable bonds is 11. The molecule has 1 fully saturated rings. The molecule has 0 spiro atoms. The van der Waals surface area contributed by atoms with Gasteiger partial charge in [-0.15, -0.1) is 12.4 Å². The van der Waals surface area contributed by atoms with Gasteiger partial charge >= 0.3 is 0 Å². The van der Waals surface area contributed by atoms with E-state index in [0.29, 0.717) is 0 Å². The van der Waals surface area contributed by atoms with Crippen molar-refractivity contribution < 1.29 is 9.47 Å². The van der Waals surface area contributed by atoms with Crippen LogP contribution < -0.4 is 10.5 Å². The van der Waals surface area contributed by atoms with E-state index >= 15 is 0 Å². The van der Waals surface area contributed by atoms with Crippen molar-refractivity contribution in [3.63, 3.8) is 0 Å². The molecule has 2 rings (SSSR count). The molecular formula is C19H32ClNO2. The van der Waals surface area contributed by atoms with Crippen molar-refractivity contribution in [3.8, 4) is 5.75 Å². The van der Waals surface area contributed by atoms with Gasteiger partial charge in [0.2, 0.25) is 0 Å². The fourth-order valence-electron chi connectivity index (χ4n) is 2.45. The van der Waals surface area contributed by atoms with Gasteiger partial charge < -0.3 is 15.2 Å². The van der Waals surface area contributed by atoms with Crippen molar-refractivity contribution in [2.45, 2.75) is 58.4 Å². The van der Waals surface area contributed by atoms with Gasteiger partial charge in [0.15, 0.2) is 0 Å². The molecule has 1 aliphatic rings. The Morgan fingerprint density at radius 2 is 2.00 bits per heavy atom. The summed E-state index contributed by atoms with van der Waals surface area (Å²) in [6.45, 7) is 6.77.